The first-order valence-corrected chi connectivity index (χ1v) is 7.68. The van der Waals surface area contributed by atoms with Crippen molar-refractivity contribution >= 4 is 11.8 Å². The molecule has 0 unspecified atom stereocenters. The molecule has 1 aromatic rings. The monoisotopic (exact) mass is 255 g/mol. The summed E-state index contributed by atoms with van der Waals surface area (Å²) in [5.74, 6) is 3.14. The van der Waals surface area contributed by atoms with Gasteiger partial charge in [-0.3, -0.25) is 4.68 Å². The molecule has 1 heterocycles. The summed E-state index contributed by atoms with van der Waals surface area (Å²) in [5, 5.41) is 7.96. The van der Waals surface area contributed by atoms with Crippen LogP contribution in [0, 0.1) is 5.92 Å². The van der Waals surface area contributed by atoms with Gasteiger partial charge in [-0.2, -0.15) is 16.9 Å². The van der Waals surface area contributed by atoms with Gasteiger partial charge < -0.3 is 5.32 Å². The van der Waals surface area contributed by atoms with Crippen LogP contribution in [0.2, 0.25) is 0 Å². The van der Waals surface area contributed by atoms with Gasteiger partial charge in [0, 0.05) is 19.3 Å². The lowest BCUT2D eigenvalue weighted by molar-refractivity contribution is 0.538. The predicted octanol–water partition coefficient (Wildman–Crippen LogP) is 2.77. The van der Waals surface area contributed by atoms with Crippen molar-refractivity contribution in [2.24, 2.45) is 5.92 Å². The standard InChI is InChI=1S/C13H25N3S/c1-4-17-9-5-7-16-8-6-13(15-16)11-14-10-12(2)3/h6,8,12,14H,4-5,7,9-11H2,1-3H3. The molecule has 0 fully saturated rings. The van der Waals surface area contributed by atoms with Crippen LogP contribution in [0.5, 0.6) is 0 Å². The molecule has 17 heavy (non-hydrogen) atoms. The van der Waals surface area contributed by atoms with E-state index in [1.165, 1.54) is 17.9 Å². The Morgan fingerprint density at radius 2 is 2.29 bits per heavy atom. The van der Waals surface area contributed by atoms with Gasteiger partial charge in [-0.05, 0) is 36.5 Å². The minimum atomic E-state index is 0.697. The minimum Gasteiger partial charge on any atom is -0.311 e. The number of hydrogen-bond acceptors (Lipinski definition) is 3. The molecule has 0 bridgehead atoms. The smallest absolute Gasteiger partial charge is 0.0762 e. The van der Waals surface area contributed by atoms with Crippen molar-refractivity contribution in [1.82, 2.24) is 15.1 Å². The highest BCUT2D eigenvalue weighted by atomic mass is 32.2. The summed E-state index contributed by atoms with van der Waals surface area (Å²) in [6.07, 6.45) is 3.29. The zero-order valence-corrected chi connectivity index (χ0v) is 12.1. The molecule has 0 spiro atoms. The molecule has 0 aliphatic heterocycles. The van der Waals surface area contributed by atoms with Crippen LogP contribution in [-0.2, 0) is 13.1 Å². The molecular formula is C13H25N3S. The third-order valence-electron chi connectivity index (χ3n) is 2.43. The number of rotatable bonds is 9. The van der Waals surface area contributed by atoms with Crippen LogP contribution < -0.4 is 5.32 Å². The highest BCUT2D eigenvalue weighted by Crippen LogP contribution is 2.03. The first-order chi connectivity index (χ1) is 8.22. The third-order valence-corrected chi connectivity index (χ3v) is 3.42. The molecule has 1 aromatic heterocycles. The Kier molecular flexibility index (Phi) is 7.37. The lowest BCUT2D eigenvalue weighted by atomic mass is 10.2. The van der Waals surface area contributed by atoms with E-state index in [2.05, 4.69) is 48.1 Å². The van der Waals surface area contributed by atoms with E-state index >= 15 is 0 Å². The van der Waals surface area contributed by atoms with E-state index in [9.17, 15) is 0 Å². The third kappa shape index (κ3) is 6.74. The number of nitrogens with one attached hydrogen (secondary N) is 1. The fourth-order valence-electron chi connectivity index (χ4n) is 1.58. The van der Waals surface area contributed by atoms with Gasteiger partial charge in [0.1, 0.15) is 0 Å². The van der Waals surface area contributed by atoms with Gasteiger partial charge in [0.2, 0.25) is 0 Å². The molecule has 1 N–H and O–H groups in total. The minimum absolute atomic E-state index is 0.697. The maximum Gasteiger partial charge on any atom is 0.0762 e. The number of aromatic nitrogens is 2. The number of aryl methyl sites for hydroxylation is 1. The summed E-state index contributed by atoms with van der Waals surface area (Å²) in [4.78, 5) is 0. The molecule has 0 amide bonds. The molecule has 0 aromatic carbocycles. The van der Waals surface area contributed by atoms with Crippen LogP contribution in [0.1, 0.15) is 32.9 Å². The Morgan fingerprint density at radius 3 is 3.00 bits per heavy atom. The fourth-order valence-corrected chi connectivity index (χ4v) is 2.21. The van der Waals surface area contributed by atoms with Crippen molar-refractivity contribution in [1.29, 1.82) is 0 Å². The molecule has 0 saturated heterocycles. The average molecular weight is 255 g/mol. The second kappa shape index (κ2) is 8.59. The number of hydrogen-bond donors (Lipinski definition) is 1. The van der Waals surface area contributed by atoms with Crippen molar-refractivity contribution in [3.63, 3.8) is 0 Å². The van der Waals surface area contributed by atoms with Gasteiger partial charge in [-0.25, -0.2) is 0 Å². The number of nitrogens with zero attached hydrogens (tertiary/aromatic N) is 2. The van der Waals surface area contributed by atoms with Crippen LogP contribution in [0.15, 0.2) is 12.3 Å². The molecule has 1 rings (SSSR count). The van der Waals surface area contributed by atoms with Crippen LogP contribution in [0.4, 0.5) is 0 Å². The van der Waals surface area contributed by atoms with Gasteiger partial charge in [0.15, 0.2) is 0 Å². The largest absolute Gasteiger partial charge is 0.311 e. The predicted molar refractivity (Wildman–Crippen MR) is 76.4 cm³/mol. The quantitative estimate of drug-likeness (QED) is 0.688. The highest BCUT2D eigenvalue weighted by molar-refractivity contribution is 7.99. The van der Waals surface area contributed by atoms with E-state index in [-0.39, 0.29) is 0 Å². The van der Waals surface area contributed by atoms with E-state index in [1.807, 2.05) is 11.8 Å². The number of thioether (sulfide) groups is 1. The molecule has 98 valence electrons. The van der Waals surface area contributed by atoms with E-state index in [0.29, 0.717) is 5.92 Å². The van der Waals surface area contributed by atoms with Gasteiger partial charge in [-0.15, -0.1) is 0 Å². The maximum atomic E-state index is 4.55. The van der Waals surface area contributed by atoms with Crippen LogP contribution >= 0.6 is 11.8 Å². The van der Waals surface area contributed by atoms with Crippen LogP contribution in [0.3, 0.4) is 0 Å². The van der Waals surface area contributed by atoms with Gasteiger partial charge in [-0.1, -0.05) is 20.8 Å². The summed E-state index contributed by atoms with van der Waals surface area (Å²) in [7, 11) is 0. The van der Waals surface area contributed by atoms with Crippen molar-refractivity contribution in [2.75, 3.05) is 18.1 Å². The van der Waals surface area contributed by atoms with Crippen molar-refractivity contribution < 1.29 is 0 Å². The van der Waals surface area contributed by atoms with Crippen molar-refractivity contribution in [2.45, 2.75) is 40.3 Å². The first-order valence-electron chi connectivity index (χ1n) is 6.53. The second-order valence-electron chi connectivity index (χ2n) is 4.65. The van der Waals surface area contributed by atoms with Crippen molar-refractivity contribution in [3.05, 3.63) is 18.0 Å². The van der Waals surface area contributed by atoms with E-state index in [4.69, 9.17) is 0 Å². The van der Waals surface area contributed by atoms with Gasteiger partial charge in [0.25, 0.3) is 0 Å². The zero-order valence-electron chi connectivity index (χ0n) is 11.3. The fraction of sp³-hybridized carbons (Fsp3) is 0.769. The molecule has 0 aliphatic rings. The lowest BCUT2D eigenvalue weighted by Crippen LogP contribution is -2.19. The molecule has 0 atom stereocenters. The van der Waals surface area contributed by atoms with Crippen LogP contribution in [0.25, 0.3) is 0 Å². The highest BCUT2D eigenvalue weighted by Gasteiger charge is 1.99. The van der Waals surface area contributed by atoms with Crippen LogP contribution in [-0.4, -0.2) is 27.8 Å². The average Bonchev–Trinajstić information content (AvgIpc) is 2.72. The molecule has 3 nitrogen and oxygen atoms in total. The molecule has 0 aliphatic carbocycles. The Hall–Kier alpha value is -0.480. The molecule has 0 saturated carbocycles. The van der Waals surface area contributed by atoms with E-state index in [0.717, 1.165) is 25.3 Å². The van der Waals surface area contributed by atoms with Crippen molar-refractivity contribution in [3.8, 4) is 0 Å². The first kappa shape index (κ1) is 14.6. The van der Waals surface area contributed by atoms with E-state index < -0.39 is 0 Å². The Morgan fingerprint density at radius 1 is 1.47 bits per heavy atom. The zero-order chi connectivity index (χ0) is 12.5. The molecule has 0 radical (unpaired) electrons. The molecular weight excluding hydrogens is 230 g/mol. The SMILES string of the molecule is CCSCCCn1ccc(CNCC(C)C)n1. The lowest BCUT2D eigenvalue weighted by Gasteiger charge is -2.05. The Balaban J connectivity index is 2.18. The summed E-state index contributed by atoms with van der Waals surface area (Å²) in [6.45, 7) is 9.62. The summed E-state index contributed by atoms with van der Waals surface area (Å²) in [5.41, 5.74) is 1.15. The topological polar surface area (TPSA) is 29.9 Å². The Labute approximate surface area is 109 Å². The summed E-state index contributed by atoms with van der Waals surface area (Å²) >= 11 is 2.00. The molecule has 4 heteroatoms. The van der Waals surface area contributed by atoms with Gasteiger partial charge in [0.05, 0.1) is 5.69 Å². The maximum absolute atomic E-state index is 4.55. The summed E-state index contributed by atoms with van der Waals surface area (Å²) < 4.78 is 2.06. The van der Waals surface area contributed by atoms with Gasteiger partial charge >= 0.3 is 0 Å². The Bertz CT molecular complexity index is 297. The van der Waals surface area contributed by atoms with E-state index in [1.54, 1.807) is 0 Å². The normalized spacial score (nSPS) is 11.3. The second-order valence-corrected chi connectivity index (χ2v) is 6.04. The summed E-state index contributed by atoms with van der Waals surface area (Å²) in [6, 6.07) is 2.11.